The highest BCUT2D eigenvalue weighted by atomic mass is 16.7. The molecule has 0 radical (unpaired) electrons. The van der Waals surface area contributed by atoms with Gasteiger partial charge in [0.25, 0.3) is 5.91 Å². The van der Waals surface area contributed by atoms with Crippen LogP contribution in [0.5, 0.6) is 0 Å². The van der Waals surface area contributed by atoms with Gasteiger partial charge in [-0.3, -0.25) is 4.79 Å². The van der Waals surface area contributed by atoms with Crippen molar-refractivity contribution >= 4 is 5.91 Å². The van der Waals surface area contributed by atoms with Gasteiger partial charge in [0, 0.05) is 18.4 Å². The molecule has 6 rings (SSSR count). The van der Waals surface area contributed by atoms with Gasteiger partial charge in [-0.2, -0.15) is 0 Å². The number of amides is 1. The summed E-state index contributed by atoms with van der Waals surface area (Å²) in [6.07, 6.45) is 6.23. The Morgan fingerprint density at radius 2 is 1.75 bits per heavy atom. The highest BCUT2D eigenvalue weighted by molar-refractivity contribution is 5.92. The van der Waals surface area contributed by atoms with Crippen LogP contribution < -0.4 is 5.32 Å². The van der Waals surface area contributed by atoms with Crippen molar-refractivity contribution in [3.05, 3.63) is 106 Å². The highest BCUT2D eigenvalue weighted by Crippen LogP contribution is 2.40. The van der Waals surface area contributed by atoms with Crippen LogP contribution in [0, 0.1) is 0 Å². The third-order valence-corrected chi connectivity index (χ3v) is 7.61. The van der Waals surface area contributed by atoms with Crippen LogP contribution in [-0.2, 0) is 33.9 Å². The van der Waals surface area contributed by atoms with Crippen LogP contribution in [0.2, 0.25) is 0 Å². The van der Waals surface area contributed by atoms with E-state index in [1.165, 1.54) is 27.8 Å². The molecule has 3 aromatic carbocycles. The number of allylic oxidation sites excluding steroid dienone is 1. The molecule has 2 aliphatic carbocycles. The summed E-state index contributed by atoms with van der Waals surface area (Å²) in [7, 11) is 0. The minimum Gasteiger partial charge on any atom is -0.459 e. The molecular weight excluding hydrogens is 450 g/mol. The van der Waals surface area contributed by atoms with Crippen molar-refractivity contribution in [3.63, 3.8) is 0 Å². The second kappa shape index (κ2) is 9.92. The van der Waals surface area contributed by atoms with E-state index in [0.717, 1.165) is 36.8 Å². The molecule has 5 nitrogen and oxygen atoms in total. The van der Waals surface area contributed by atoms with Crippen LogP contribution in [-0.4, -0.2) is 23.3 Å². The fourth-order valence-corrected chi connectivity index (χ4v) is 5.29. The fourth-order valence-electron chi connectivity index (χ4n) is 5.29. The molecule has 2 atom stereocenters. The largest absolute Gasteiger partial charge is 0.459 e. The van der Waals surface area contributed by atoms with Gasteiger partial charge in [-0.25, -0.2) is 0 Å². The Kier molecular flexibility index (Phi) is 6.34. The lowest BCUT2D eigenvalue weighted by molar-refractivity contribution is -0.150. The van der Waals surface area contributed by atoms with Gasteiger partial charge in [0.2, 0.25) is 6.29 Å². The number of carbonyl (C=O) groups excluding carboxylic acids is 1. The van der Waals surface area contributed by atoms with Crippen molar-refractivity contribution < 1.29 is 19.4 Å². The van der Waals surface area contributed by atoms with E-state index in [2.05, 4.69) is 47.8 Å². The van der Waals surface area contributed by atoms with E-state index in [1.807, 2.05) is 30.3 Å². The molecule has 0 aromatic heterocycles. The monoisotopic (exact) mass is 481 g/mol. The van der Waals surface area contributed by atoms with Gasteiger partial charge in [-0.15, -0.1) is 0 Å². The van der Waals surface area contributed by atoms with Gasteiger partial charge in [-0.1, -0.05) is 66.7 Å². The standard InChI is InChI=1S/C31H31NO4/c33-18-20-8-10-21(11-9-20)19-35-30-17-24(16-29(36-30)31(34)32-26-5-3-6-26)22-12-13-28-25(14-22)15-23-4-1-2-7-27(23)28/h1-2,4,7-14,16,24,26,30,33H,3,5-6,15,17-19H2,(H,32,34)/t24-,30+/m0/s1. The third kappa shape index (κ3) is 4.69. The molecule has 1 fully saturated rings. The first-order valence-corrected chi connectivity index (χ1v) is 12.9. The van der Waals surface area contributed by atoms with E-state index < -0.39 is 6.29 Å². The number of fused-ring (bicyclic) bond motifs is 3. The van der Waals surface area contributed by atoms with Crippen molar-refractivity contribution in [1.82, 2.24) is 5.32 Å². The molecular formula is C31H31NO4. The Morgan fingerprint density at radius 3 is 2.53 bits per heavy atom. The topological polar surface area (TPSA) is 67.8 Å². The zero-order valence-corrected chi connectivity index (χ0v) is 20.3. The lowest BCUT2D eigenvalue weighted by atomic mass is 9.90. The first-order chi connectivity index (χ1) is 17.7. The molecule has 0 saturated heterocycles. The van der Waals surface area contributed by atoms with Crippen molar-refractivity contribution in [2.45, 2.75) is 63.6 Å². The van der Waals surface area contributed by atoms with Crippen LogP contribution in [0.3, 0.4) is 0 Å². The number of ether oxygens (including phenoxy) is 2. The summed E-state index contributed by atoms with van der Waals surface area (Å²) in [5.74, 6) is 0.220. The fraction of sp³-hybridized carbons (Fsp3) is 0.323. The van der Waals surface area contributed by atoms with Crippen molar-refractivity contribution in [2.24, 2.45) is 0 Å². The lowest BCUT2D eigenvalue weighted by Crippen LogP contribution is -2.42. The maximum Gasteiger partial charge on any atom is 0.286 e. The minimum atomic E-state index is -0.523. The number of carbonyl (C=O) groups is 1. The van der Waals surface area contributed by atoms with E-state index in [0.29, 0.717) is 18.8 Å². The average molecular weight is 482 g/mol. The Hall–Kier alpha value is -3.41. The Bertz CT molecular complexity index is 1290. The smallest absolute Gasteiger partial charge is 0.286 e. The van der Waals surface area contributed by atoms with Gasteiger partial charge in [-0.05, 0) is 70.7 Å². The summed E-state index contributed by atoms with van der Waals surface area (Å²) in [6.45, 7) is 0.394. The van der Waals surface area contributed by atoms with Crippen LogP contribution in [0.15, 0.2) is 78.6 Å². The highest BCUT2D eigenvalue weighted by Gasteiger charge is 2.31. The lowest BCUT2D eigenvalue weighted by Gasteiger charge is -2.32. The quantitative estimate of drug-likeness (QED) is 0.373. The molecule has 0 unspecified atom stereocenters. The molecule has 1 heterocycles. The molecule has 1 amide bonds. The van der Waals surface area contributed by atoms with E-state index in [4.69, 9.17) is 9.47 Å². The second-order valence-corrected chi connectivity index (χ2v) is 10.1. The minimum absolute atomic E-state index is 0.0185. The summed E-state index contributed by atoms with van der Waals surface area (Å²) < 4.78 is 12.2. The molecule has 0 spiro atoms. The number of rotatable bonds is 7. The summed E-state index contributed by atoms with van der Waals surface area (Å²) in [5, 5.41) is 12.4. The summed E-state index contributed by atoms with van der Waals surface area (Å²) in [4.78, 5) is 13.0. The molecule has 184 valence electrons. The maximum absolute atomic E-state index is 13.0. The van der Waals surface area contributed by atoms with E-state index >= 15 is 0 Å². The number of hydrogen-bond donors (Lipinski definition) is 2. The van der Waals surface area contributed by atoms with Gasteiger partial charge in [0.05, 0.1) is 13.2 Å². The molecule has 2 N–H and O–H groups in total. The SMILES string of the molecule is O=C(NC1CCC1)C1=C[C@H](c2ccc3c(c2)Cc2ccccc2-3)C[C@H](OCc2ccc(CO)cc2)O1. The number of hydrogen-bond acceptors (Lipinski definition) is 4. The van der Waals surface area contributed by atoms with Crippen LogP contribution in [0.1, 0.15) is 59.4 Å². The van der Waals surface area contributed by atoms with Crippen molar-refractivity contribution in [3.8, 4) is 11.1 Å². The third-order valence-electron chi connectivity index (χ3n) is 7.61. The average Bonchev–Trinajstić information content (AvgIpc) is 3.27. The second-order valence-electron chi connectivity index (χ2n) is 10.1. The van der Waals surface area contributed by atoms with E-state index in [9.17, 15) is 9.90 Å². The van der Waals surface area contributed by atoms with E-state index in [1.54, 1.807) is 0 Å². The van der Waals surface area contributed by atoms with Crippen LogP contribution >= 0.6 is 0 Å². The summed E-state index contributed by atoms with van der Waals surface area (Å²) in [6, 6.07) is 23.2. The molecule has 1 saturated carbocycles. The van der Waals surface area contributed by atoms with Gasteiger partial charge in [0.1, 0.15) is 0 Å². The van der Waals surface area contributed by atoms with Gasteiger partial charge < -0.3 is 19.9 Å². The normalized spacial score (nSPS) is 20.5. The number of aliphatic hydroxyl groups is 1. The predicted molar refractivity (Wildman–Crippen MR) is 138 cm³/mol. The molecule has 5 heteroatoms. The van der Waals surface area contributed by atoms with Crippen molar-refractivity contribution in [2.75, 3.05) is 0 Å². The maximum atomic E-state index is 13.0. The van der Waals surface area contributed by atoms with Gasteiger partial charge >= 0.3 is 0 Å². The summed E-state index contributed by atoms with van der Waals surface area (Å²) in [5.41, 5.74) is 8.35. The molecule has 1 aliphatic heterocycles. The van der Waals surface area contributed by atoms with Crippen LogP contribution in [0.25, 0.3) is 11.1 Å². The zero-order chi connectivity index (χ0) is 24.5. The Morgan fingerprint density at radius 1 is 0.972 bits per heavy atom. The molecule has 36 heavy (non-hydrogen) atoms. The first kappa shape index (κ1) is 23.0. The Labute approximate surface area is 211 Å². The molecule has 3 aromatic rings. The summed E-state index contributed by atoms with van der Waals surface area (Å²) >= 11 is 0. The first-order valence-electron chi connectivity index (χ1n) is 12.9. The molecule has 0 bridgehead atoms. The number of nitrogens with one attached hydrogen (secondary N) is 1. The number of aliphatic hydroxyl groups excluding tert-OH is 1. The van der Waals surface area contributed by atoms with Crippen molar-refractivity contribution in [1.29, 1.82) is 0 Å². The predicted octanol–water partition coefficient (Wildman–Crippen LogP) is 5.35. The van der Waals surface area contributed by atoms with Crippen LogP contribution in [0.4, 0.5) is 0 Å². The van der Waals surface area contributed by atoms with E-state index in [-0.39, 0.29) is 24.5 Å². The zero-order valence-electron chi connectivity index (χ0n) is 20.3. The Balaban J connectivity index is 1.22. The van der Waals surface area contributed by atoms with Gasteiger partial charge in [0.15, 0.2) is 5.76 Å². The number of benzene rings is 3. The molecule has 3 aliphatic rings.